The van der Waals surface area contributed by atoms with E-state index in [9.17, 15) is 0 Å². The molecule has 2 aromatic heterocycles. The van der Waals surface area contributed by atoms with Crippen LogP contribution in [-0.2, 0) is 20.1 Å². The van der Waals surface area contributed by atoms with Gasteiger partial charge in [-0.1, -0.05) is 123 Å². The van der Waals surface area contributed by atoms with Gasteiger partial charge in [0.1, 0.15) is 0 Å². The van der Waals surface area contributed by atoms with Crippen molar-refractivity contribution in [2.75, 3.05) is 0 Å². The van der Waals surface area contributed by atoms with E-state index >= 15 is 0 Å². The Balaban J connectivity index is 0.000000217. The zero-order valence-electron chi connectivity index (χ0n) is 26.8. The zero-order chi connectivity index (χ0) is 31.8. The van der Waals surface area contributed by atoms with Gasteiger partial charge in [0.15, 0.2) is 0 Å². The van der Waals surface area contributed by atoms with Gasteiger partial charge in [-0.2, -0.15) is 0 Å². The molecule has 0 atom stereocenters. The maximum atomic E-state index is 4.60. The smallest absolute Gasteiger partial charge is 0.0795 e. The largest absolute Gasteiger partial charge is 0.305 e. The second-order valence-corrected chi connectivity index (χ2v) is 17.3. The fourth-order valence-electron chi connectivity index (χ4n) is 5.22. The number of hydrogen-bond acceptors (Lipinski definition) is 2. The van der Waals surface area contributed by atoms with Crippen LogP contribution in [0.2, 0.25) is 19.6 Å². The molecule has 0 aliphatic carbocycles. The fourth-order valence-corrected chi connectivity index (χ4v) is 6.25. The first kappa shape index (κ1) is 33.6. The van der Waals surface area contributed by atoms with E-state index in [1.54, 1.807) is 0 Å². The maximum Gasteiger partial charge on any atom is 0.0795 e. The van der Waals surface area contributed by atoms with Crippen LogP contribution in [0.4, 0.5) is 0 Å². The first-order chi connectivity index (χ1) is 22.4. The van der Waals surface area contributed by atoms with Crippen LogP contribution >= 0.6 is 0 Å². The van der Waals surface area contributed by atoms with Crippen molar-refractivity contribution in [2.24, 2.45) is 0 Å². The van der Waals surface area contributed by atoms with E-state index in [-0.39, 0.29) is 20.1 Å². The van der Waals surface area contributed by atoms with Crippen molar-refractivity contribution in [1.82, 2.24) is 9.97 Å². The minimum absolute atomic E-state index is 0. The molecule has 4 heteroatoms. The van der Waals surface area contributed by atoms with Crippen molar-refractivity contribution in [3.8, 4) is 55.9 Å². The standard InChI is InChI=1S/C29H20N.C14H16NSi.Ir/c1-3-8-22(9-4-1)24-14-16-25(17-15-24)27-18-19-30-29(21-27)28-13-7-12-26(20-28)23-10-5-2-6-11-23;1-16(2,3)13-9-10-14(15-11-13)12-7-5-4-6-8-12;/h1-12,14-21H;4-7,9-11H,1-3H3;/q2*-1;. The molecule has 0 amide bonds. The Kier molecular flexibility index (Phi) is 11.2. The molecule has 7 aromatic rings. The molecule has 0 saturated carbocycles. The molecule has 7 rings (SSSR count). The van der Waals surface area contributed by atoms with Crippen LogP contribution in [0.25, 0.3) is 55.9 Å². The SMILES string of the molecule is C[Si](C)(C)c1ccc(-c2[c-]cccc2)nc1.[Ir].[c-]1ccc(-c2ccccc2)cc1-c1cc(-c2ccc(-c3ccccc3)cc2)ccn1. The number of pyridine rings is 2. The molecule has 0 saturated heterocycles. The van der Waals surface area contributed by atoms with Gasteiger partial charge < -0.3 is 9.97 Å². The van der Waals surface area contributed by atoms with Crippen molar-refractivity contribution >= 4 is 13.3 Å². The van der Waals surface area contributed by atoms with Gasteiger partial charge in [0.05, 0.1) is 8.07 Å². The number of benzene rings is 5. The van der Waals surface area contributed by atoms with Gasteiger partial charge >= 0.3 is 0 Å². The Hall–Kier alpha value is -4.73. The van der Waals surface area contributed by atoms with Gasteiger partial charge in [-0.3, -0.25) is 0 Å². The van der Waals surface area contributed by atoms with E-state index in [2.05, 4.69) is 151 Å². The Morgan fingerprint density at radius 3 is 1.62 bits per heavy atom. The molecule has 0 spiro atoms. The van der Waals surface area contributed by atoms with Gasteiger partial charge in [0.2, 0.25) is 0 Å². The third kappa shape index (κ3) is 8.75. The molecule has 233 valence electrons. The van der Waals surface area contributed by atoms with E-state index in [0.717, 1.165) is 28.1 Å². The predicted octanol–water partition coefficient (Wildman–Crippen LogP) is 10.6. The number of nitrogens with zero attached hydrogens (tertiary/aromatic N) is 2. The summed E-state index contributed by atoms with van der Waals surface area (Å²) in [5, 5.41) is 1.40. The summed E-state index contributed by atoms with van der Waals surface area (Å²) in [4.78, 5) is 9.12. The van der Waals surface area contributed by atoms with Crippen LogP contribution in [0.5, 0.6) is 0 Å². The quantitative estimate of drug-likeness (QED) is 0.124. The Morgan fingerprint density at radius 2 is 1.02 bits per heavy atom. The van der Waals surface area contributed by atoms with Crippen LogP contribution in [0.3, 0.4) is 0 Å². The van der Waals surface area contributed by atoms with Gasteiger partial charge in [0, 0.05) is 32.5 Å². The monoisotopic (exact) mass is 801 g/mol. The molecule has 0 unspecified atom stereocenters. The van der Waals surface area contributed by atoms with Gasteiger partial charge in [-0.15, -0.1) is 71.3 Å². The minimum Gasteiger partial charge on any atom is -0.305 e. The summed E-state index contributed by atoms with van der Waals surface area (Å²) >= 11 is 0. The maximum absolute atomic E-state index is 4.60. The van der Waals surface area contributed by atoms with Crippen LogP contribution in [-0.4, -0.2) is 18.0 Å². The van der Waals surface area contributed by atoms with Gasteiger partial charge in [0.25, 0.3) is 0 Å². The summed E-state index contributed by atoms with van der Waals surface area (Å²) in [6.07, 6.45) is 3.89. The normalized spacial score (nSPS) is 10.7. The van der Waals surface area contributed by atoms with Crippen molar-refractivity contribution in [2.45, 2.75) is 19.6 Å². The van der Waals surface area contributed by atoms with E-state index < -0.39 is 8.07 Å². The van der Waals surface area contributed by atoms with Crippen molar-refractivity contribution < 1.29 is 20.1 Å². The predicted molar refractivity (Wildman–Crippen MR) is 196 cm³/mol. The van der Waals surface area contributed by atoms with Gasteiger partial charge in [-0.05, 0) is 50.5 Å². The van der Waals surface area contributed by atoms with Crippen molar-refractivity contribution in [1.29, 1.82) is 0 Å². The van der Waals surface area contributed by atoms with E-state index in [4.69, 9.17) is 0 Å². The minimum atomic E-state index is -1.23. The molecule has 1 radical (unpaired) electrons. The van der Waals surface area contributed by atoms with E-state index in [0.29, 0.717) is 0 Å². The molecule has 0 fully saturated rings. The van der Waals surface area contributed by atoms with E-state index in [1.807, 2.05) is 54.9 Å². The summed E-state index contributed by atoms with van der Waals surface area (Å²) < 4.78 is 0. The van der Waals surface area contributed by atoms with Crippen molar-refractivity contribution in [3.63, 3.8) is 0 Å². The second-order valence-electron chi connectivity index (χ2n) is 12.2. The first-order valence-corrected chi connectivity index (χ1v) is 19.1. The van der Waals surface area contributed by atoms with Crippen LogP contribution in [0.15, 0.2) is 164 Å². The molecule has 0 aliphatic rings. The number of rotatable bonds is 6. The molecule has 0 bridgehead atoms. The van der Waals surface area contributed by atoms with Gasteiger partial charge in [-0.25, -0.2) is 0 Å². The number of hydrogen-bond donors (Lipinski definition) is 0. The molecule has 5 aromatic carbocycles. The molecule has 0 aliphatic heterocycles. The summed E-state index contributed by atoms with van der Waals surface area (Å²) in [6.45, 7) is 7.00. The number of aromatic nitrogens is 2. The van der Waals surface area contributed by atoms with Crippen LogP contribution in [0, 0.1) is 12.1 Å². The third-order valence-electron chi connectivity index (χ3n) is 7.88. The topological polar surface area (TPSA) is 25.8 Å². The van der Waals surface area contributed by atoms with Crippen molar-refractivity contribution in [3.05, 3.63) is 176 Å². The second kappa shape index (κ2) is 15.7. The zero-order valence-corrected chi connectivity index (χ0v) is 30.2. The summed E-state index contributed by atoms with van der Waals surface area (Å²) in [5.74, 6) is 0. The van der Waals surface area contributed by atoms with Crippen LogP contribution in [0.1, 0.15) is 0 Å². The molecular formula is C43H36IrN2Si-2. The molecular weight excluding hydrogens is 765 g/mol. The summed E-state index contributed by atoms with van der Waals surface area (Å²) in [7, 11) is -1.23. The average molecular weight is 801 g/mol. The average Bonchev–Trinajstić information content (AvgIpc) is 3.13. The Labute approximate surface area is 293 Å². The Morgan fingerprint density at radius 1 is 0.447 bits per heavy atom. The summed E-state index contributed by atoms with van der Waals surface area (Å²) in [6, 6.07) is 58.7. The Bertz CT molecular complexity index is 1990. The fraction of sp³-hybridized carbons (Fsp3) is 0.0698. The molecule has 2 nitrogen and oxygen atoms in total. The first-order valence-electron chi connectivity index (χ1n) is 15.6. The molecule has 2 heterocycles. The summed E-state index contributed by atoms with van der Waals surface area (Å²) in [5.41, 5.74) is 11.1. The molecule has 0 N–H and O–H groups in total. The van der Waals surface area contributed by atoms with Crippen LogP contribution < -0.4 is 5.19 Å². The molecule has 47 heavy (non-hydrogen) atoms. The van der Waals surface area contributed by atoms with E-state index in [1.165, 1.54) is 33.0 Å². The third-order valence-corrected chi connectivity index (χ3v) is 9.91.